The monoisotopic (exact) mass is 387 g/mol. The zero-order valence-electron chi connectivity index (χ0n) is 13.6. The number of hydrogen-bond donors (Lipinski definition) is 1. The van der Waals surface area contributed by atoms with E-state index in [1.807, 2.05) is 6.07 Å². The van der Waals surface area contributed by atoms with Crippen LogP contribution in [-0.4, -0.2) is 16.9 Å². The van der Waals surface area contributed by atoms with Gasteiger partial charge in [-0.3, -0.25) is 9.59 Å². The highest BCUT2D eigenvalue weighted by atomic mass is 35.5. The summed E-state index contributed by atoms with van der Waals surface area (Å²) < 4.78 is 5.37. The summed E-state index contributed by atoms with van der Waals surface area (Å²) in [6.07, 6.45) is 6.47. The quantitative estimate of drug-likeness (QED) is 0.367. The van der Waals surface area contributed by atoms with Crippen LogP contribution in [0.4, 0.5) is 0 Å². The number of carbonyl (C=O) groups excluding carboxylic acids is 2. The van der Waals surface area contributed by atoms with Crippen molar-refractivity contribution >= 4 is 35.1 Å². The number of alkyl halides is 1. The Bertz CT molecular complexity index is 880. The fourth-order valence-corrected chi connectivity index (χ4v) is 3.08. The molecule has 3 rings (SSSR count). The fraction of sp³-hybridized carbons (Fsp3) is 0.100. The lowest BCUT2D eigenvalue weighted by molar-refractivity contribution is -0.138. The standard InChI is InChI=1S/C20H15Cl2NO3/c21-17-12-5-4-10-15(17)18(24)23-20(22)13-7-6-11-16(20)19(25)26-14-8-2-1-3-9-14/h1-13,16H,(H,23,24). The van der Waals surface area contributed by atoms with E-state index >= 15 is 0 Å². The van der Waals surface area contributed by atoms with Crippen molar-refractivity contribution in [3.63, 3.8) is 0 Å². The van der Waals surface area contributed by atoms with Crippen LogP contribution in [0.25, 0.3) is 0 Å². The molecule has 6 heteroatoms. The molecule has 1 amide bonds. The summed E-state index contributed by atoms with van der Waals surface area (Å²) in [6, 6.07) is 15.3. The molecule has 2 unspecified atom stereocenters. The minimum absolute atomic E-state index is 0.271. The van der Waals surface area contributed by atoms with E-state index in [4.69, 9.17) is 27.9 Å². The zero-order valence-corrected chi connectivity index (χ0v) is 15.1. The highest BCUT2D eigenvalue weighted by molar-refractivity contribution is 6.34. The first kappa shape index (κ1) is 18.2. The van der Waals surface area contributed by atoms with Crippen LogP contribution in [-0.2, 0) is 4.79 Å². The Kier molecular flexibility index (Phi) is 5.45. The summed E-state index contributed by atoms with van der Waals surface area (Å²) in [5.74, 6) is -1.56. The predicted octanol–water partition coefficient (Wildman–Crippen LogP) is 4.35. The molecule has 0 radical (unpaired) electrons. The molecule has 4 nitrogen and oxygen atoms in total. The summed E-state index contributed by atoms with van der Waals surface area (Å²) in [4.78, 5) is 23.7. The lowest BCUT2D eigenvalue weighted by atomic mass is 9.94. The topological polar surface area (TPSA) is 55.4 Å². The van der Waals surface area contributed by atoms with Gasteiger partial charge in [0, 0.05) is 0 Å². The van der Waals surface area contributed by atoms with Crippen molar-refractivity contribution in [2.24, 2.45) is 5.92 Å². The summed E-state index contributed by atoms with van der Waals surface area (Å²) in [7, 11) is 0. The molecule has 132 valence electrons. The molecule has 0 aliphatic heterocycles. The van der Waals surface area contributed by atoms with Gasteiger partial charge in [0.15, 0.2) is 5.00 Å². The third kappa shape index (κ3) is 3.98. The maximum atomic E-state index is 12.6. The molecule has 0 aromatic heterocycles. The van der Waals surface area contributed by atoms with E-state index in [0.29, 0.717) is 10.8 Å². The number of esters is 1. The van der Waals surface area contributed by atoms with Crippen molar-refractivity contribution in [3.05, 3.63) is 89.5 Å². The Morgan fingerprint density at radius 2 is 1.69 bits per heavy atom. The van der Waals surface area contributed by atoms with E-state index in [1.165, 1.54) is 0 Å². The minimum Gasteiger partial charge on any atom is -0.426 e. The minimum atomic E-state index is -1.46. The molecule has 0 bridgehead atoms. The van der Waals surface area contributed by atoms with Gasteiger partial charge in [-0.05, 0) is 30.3 Å². The van der Waals surface area contributed by atoms with E-state index in [2.05, 4.69) is 5.32 Å². The van der Waals surface area contributed by atoms with Gasteiger partial charge >= 0.3 is 5.97 Å². The molecule has 2 aromatic rings. The third-order valence-corrected chi connectivity index (χ3v) is 4.63. The van der Waals surface area contributed by atoms with Crippen LogP contribution >= 0.6 is 23.2 Å². The Morgan fingerprint density at radius 1 is 1.00 bits per heavy atom. The summed E-state index contributed by atoms with van der Waals surface area (Å²) in [5.41, 5.74) is 0.271. The van der Waals surface area contributed by atoms with Crippen molar-refractivity contribution in [3.8, 4) is 5.75 Å². The molecule has 0 fully saturated rings. The number of amides is 1. The normalized spacial score (nSPS) is 21.2. The van der Waals surface area contributed by atoms with Gasteiger partial charge in [-0.1, -0.05) is 71.8 Å². The average Bonchev–Trinajstić information content (AvgIpc) is 2.62. The molecular weight excluding hydrogens is 373 g/mol. The van der Waals surface area contributed by atoms with Gasteiger partial charge in [-0.2, -0.15) is 0 Å². The Morgan fingerprint density at radius 3 is 2.42 bits per heavy atom. The van der Waals surface area contributed by atoms with Crippen LogP contribution in [0.1, 0.15) is 10.4 Å². The second-order valence-corrected chi connectivity index (χ2v) is 6.69. The molecule has 26 heavy (non-hydrogen) atoms. The summed E-state index contributed by atoms with van der Waals surface area (Å²) in [5, 5.41) is 2.97. The summed E-state index contributed by atoms with van der Waals surface area (Å²) in [6.45, 7) is 0. The molecule has 1 aliphatic carbocycles. The fourth-order valence-electron chi connectivity index (χ4n) is 2.54. The number of hydrogen-bond acceptors (Lipinski definition) is 3. The van der Waals surface area contributed by atoms with Gasteiger partial charge in [0.05, 0.1) is 10.6 Å². The molecular formula is C20H15Cl2NO3. The van der Waals surface area contributed by atoms with E-state index < -0.39 is 22.8 Å². The molecule has 2 aromatic carbocycles. The molecule has 1 aliphatic rings. The van der Waals surface area contributed by atoms with Crippen LogP contribution in [0.2, 0.25) is 5.02 Å². The molecule has 0 heterocycles. The number of para-hydroxylation sites is 1. The van der Waals surface area contributed by atoms with Gasteiger partial charge < -0.3 is 10.1 Å². The van der Waals surface area contributed by atoms with Gasteiger partial charge in [0.2, 0.25) is 0 Å². The number of nitrogens with one attached hydrogen (secondary N) is 1. The van der Waals surface area contributed by atoms with Crippen LogP contribution in [0.5, 0.6) is 5.75 Å². The van der Waals surface area contributed by atoms with Crippen LogP contribution in [0, 0.1) is 5.92 Å². The number of rotatable bonds is 4. The number of allylic oxidation sites excluding steroid dienone is 2. The van der Waals surface area contributed by atoms with Crippen LogP contribution in [0.15, 0.2) is 78.9 Å². The maximum Gasteiger partial charge on any atom is 0.322 e. The zero-order chi connectivity index (χ0) is 18.6. The van der Waals surface area contributed by atoms with Crippen molar-refractivity contribution in [1.29, 1.82) is 0 Å². The highest BCUT2D eigenvalue weighted by Crippen LogP contribution is 2.31. The third-order valence-electron chi connectivity index (χ3n) is 3.85. The predicted molar refractivity (Wildman–Crippen MR) is 101 cm³/mol. The van der Waals surface area contributed by atoms with Crippen molar-refractivity contribution in [2.45, 2.75) is 5.00 Å². The second-order valence-electron chi connectivity index (χ2n) is 5.66. The number of ether oxygens (including phenoxy) is 1. The van der Waals surface area contributed by atoms with E-state index in [0.717, 1.165) is 0 Å². The van der Waals surface area contributed by atoms with Crippen molar-refractivity contribution < 1.29 is 14.3 Å². The first-order chi connectivity index (χ1) is 12.5. The van der Waals surface area contributed by atoms with Crippen molar-refractivity contribution in [1.82, 2.24) is 5.32 Å². The SMILES string of the molecule is O=C(NC1(Cl)C=CC=CC1C(=O)Oc1ccccc1)c1ccccc1Cl. The first-order valence-electron chi connectivity index (χ1n) is 7.88. The highest BCUT2D eigenvalue weighted by Gasteiger charge is 2.42. The van der Waals surface area contributed by atoms with Crippen LogP contribution in [0.3, 0.4) is 0 Å². The van der Waals surface area contributed by atoms with Gasteiger partial charge in [0.1, 0.15) is 11.7 Å². The number of carbonyl (C=O) groups is 2. The largest absolute Gasteiger partial charge is 0.426 e. The van der Waals surface area contributed by atoms with Crippen LogP contribution < -0.4 is 10.1 Å². The molecule has 0 saturated carbocycles. The lowest BCUT2D eigenvalue weighted by Gasteiger charge is -2.32. The second kappa shape index (κ2) is 7.77. The molecule has 2 atom stereocenters. The lowest BCUT2D eigenvalue weighted by Crippen LogP contribution is -2.51. The first-order valence-corrected chi connectivity index (χ1v) is 8.64. The van der Waals surface area contributed by atoms with E-state index in [9.17, 15) is 9.59 Å². The Balaban J connectivity index is 1.80. The number of halogens is 2. The number of benzene rings is 2. The van der Waals surface area contributed by atoms with Gasteiger partial charge in [0.25, 0.3) is 5.91 Å². The average molecular weight is 388 g/mol. The molecule has 0 saturated heterocycles. The van der Waals surface area contributed by atoms with Gasteiger partial charge in [-0.15, -0.1) is 0 Å². The summed E-state index contributed by atoms with van der Waals surface area (Å²) >= 11 is 12.6. The maximum absolute atomic E-state index is 12.6. The van der Waals surface area contributed by atoms with Gasteiger partial charge in [-0.25, -0.2) is 0 Å². The van der Waals surface area contributed by atoms with E-state index in [1.54, 1.807) is 72.8 Å². The molecule has 0 spiro atoms. The molecule has 1 N–H and O–H groups in total. The smallest absolute Gasteiger partial charge is 0.322 e. The van der Waals surface area contributed by atoms with E-state index in [-0.39, 0.29) is 5.56 Å². The van der Waals surface area contributed by atoms with Crippen molar-refractivity contribution in [2.75, 3.05) is 0 Å². The Hall–Kier alpha value is -2.56. The Labute approximate surface area is 161 Å².